The molecule has 0 fully saturated rings. The van der Waals surface area contributed by atoms with Gasteiger partial charge in [0.25, 0.3) is 0 Å². The van der Waals surface area contributed by atoms with E-state index in [0.717, 1.165) is 12.8 Å². The second-order valence-electron chi connectivity index (χ2n) is 15.8. The molecule has 0 bridgehead atoms. The van der Waals surface area contributed by atoms with Crippen LogP contribution in [0.2, 0.25) is 0 Å². The molecule has 0 saturated heterocycles. The first-order valence-corrected chi connectivity index (χ1v) is 21.3. The molecule has 0 atom stereocenters. The minimum Gasteiger partial charge on any atom is -0.0581 e. The van der Waals surface area contributed by atoms with Gasteiger partial charge in [-0.15, -0.1) is 0 Å². The predicted molar refractivity (Wildman–Crippen MR) is 226 cm³/mol. The Labute approximate surface area is 308 Å². The summed E-state index contributed by atoms with van der Waals surface area (Å²) in [5.74, 6) is 0. The molecule has 0 heterocycles. The third kappa shape index (κ3) is 6.45. The first-order valence-electron chi connectivity index (χ1n) is 18.7. The second kappa shape index (κ2) is 13.3. The van der Waals surface area contributed by atoms with Crippen molar-refractivity contribution < 1.29 is 0 Å². The zero-order chi connectivity index (χ0) is 35.6. The van der Waals surface area contributed by atoms with Crippen LogP contribution in [0.1, 0.15) is 79.6 Å². The molecule has 8 rings (SSSR count). The highest BCUT2D eigenvalue weighted by Crippen LogP contribution is 2.53. The normalized spacial score (nSPS) is 14.5. The average Bonchev–Trinajstić information content (AvgIpc) is 3.60. The highest BCUT2D eigenvalue weighted by molar-refractivity contribution is 7.80. The van der Waals surface area contributed by atoms with Gasteiger partial charge in [0.2, 0.25) is 0 Å². The third-order valence-corrected chi connectivity index (χ3v) is 15.9. The lowest BCUT2D eigenvalue weighted by molar-refractivity contribution is 0.508. The Hall–Kier alpha value is -3.82. The van der Waals surface area contributed by atoms with Gasteiger partial charge in [-0.3, -0.25) is 0 Å². The fraction of sp³-hybridized carbons (Fsp3) is 0.265. The van der Waals surface area contributed by atoms with E-state index in [2.05, 4.69) is 165 Å². The summed E-state index contributed by atoms with van der Waals surface area (Å²) in [6.45, 7) is 18.0. The maximum Gasteiger partial charge on any atom is 0.0215 e. The van der Waals surface area contributed by atoms with E-state index in [1.54, 1.807) is 22.3 Å². The Bertz CT molecular complexity index is 1980. The number of aryl methyl sites for hydroxylation is 10. The fourth-order valence-corrected chi connectivity index (χ4v) is 14.9. The predicted octanol–water partition coefficient (Wildman–Crippen LogP) is 9.85. The molecule has 0 aromatic heterocycles. The summed E-state index contributed by atoms with van der Waals surface area (Å²) in [6, 6.07) is 44.1. The van der Waals surface area contributed by atoms with Crippen molar-refractivity contribution in [3.05, 3.63) is 176 Å². The molecular formula is C49H50P2. The van der Waals surface area contributed by atoms with Crippen LogP contribution in [0, 0.1) is 55.4 Å². The van der Waals surface area contributed by atoms with Gasteiger partial charge >= 0.3 is 0 Å². The minimum atomic E-state index is -0.702. The van der Waals surface area contributed by atoms with Crippen LogP contribution in [0.25, 0.3) is 0 Å². The van der Waals surface area contributed by atoms with Crippen molar-refractivity contribution in [1.82, 2.24) is 0 Å². The number of benzene rings is 6. The molecule has 2 aliphatic rings. The molecular weight excluding hydrogens is 650 g/mol. The van der Waals surface area contributed by atoms with Crippen LogP contribution in [0.5, 0.6) is 0 Å². The molecule has 0 nitrogen and oxygen atoms in total. The van der Waals surface area contributed by atoms with Crippen molar-refractivity contribution in [3.8, 4) is 0 Å². The zero-order valence-electron chi connectivity index (χ0n) is 31.6. The average molecular weight is 701 g/mol. The van der Waals surface area contributed by atoms with Crippen LogP contribution in [0.3, 0.4) is 0 Å². The van der Waals surface area contributed by atoms with Crippen molar-refractivity contribution in [2.75, 3.05) is 0 Å². The molecule has 1 spiro atoms. The lowest BCUT2D eigenvalue weighted by atomic mass is 9.77. The summed E-state index contributed by atoms with van der Waals surface area (Å²) < 4.78 is 0. The van der Waals surface area contributed by atoms with Crippen molar-refractivity contribution >= 4 is 47.7 Å². The lowest BCUT2D eigenvalue weighted by Gasteiger charge is -2.30. The Balaban J connectivity index is 1.29. The Morgan fingerprint density at radius 2 is 0.608 bits per heavy atom. The van der Waals surface area contributed by atoms with Gasteiger partial charge in [-0.1, -0.05) is 142 Å². The van der Waals surface area contributed by atoms with E-state index in [1.807, 2.05) is 0 Å². The van der Waals surface area contributed by atoms with Crippen LogP contribution in [-0.2, 0) is 18.3 Å². The summed E-state index contributed by atoms with van der Waals surface area (Å²) in [5.41, 5.74) is 17.2. The van der Waals surface area contributed by atoms with E-state index < -0.39 is 15.8 Å². The number of hydrogen-bond donors (Lipinski definition) is 0. The topological polar surface area (TPSA) is 0 Å². The molecule has 0 unspecified atom stereocenters. The molecule has 0 amide bonds. The summed E-state index contributed by atoms with van der Waals surface area (Å²) in [7, 11) is -1.40. The molecule has 51 heavy (non-hydrogen) atoms. The van der Waals surface area contributed by atoms with Gasteiger partial charge in [0.15, 0.2) is 0 Å². The quantitative estimate of drug-likeness (QED) is 0.152. The van der Waals surface area contributed by atoms with Crippen LogP contribution in [-0.4, -0.2) is 0 Å². The van der Waals surface area contributed by atoms with Crippen LogP contribution >= 0.6 is 15.8 Å². The fourth-order valence-electron chi connectivity index (χ4n) is 9.45. The highest BCUT2D eigenvalue weighted by atomic mass is 31.1. The summed E-state index contributed by atoms with van der Waals surface area (Å²) >= 11 is 0. The smallest absolute Gasteiger partial charge is 0.0215 e. The van der Waals surface area contributed by atoms with E-state index in [-0.39, 0.29) is 5.41 Å². The minimum absolute atomic E-state index is 0.0782. The first kappa shape index (κ1) is 34.3. The third-order valence-electron chi connectivity index (χ3n) is 11.2. The van der Waals surface area contributed by atoms with Gasteiger partial charge in [0.1, 0.15) is 0 Å². The molecule has 0 saturated carbocycles. The largest absolute Gasteiger partial charge is 0.0581 e. The molecule has 2 aliphatic carbocycles. The van der Waals surface area contributed by atoms with Crippen LogP contribution in [0.15, 0.2) is 109 Å². The standard InChI is InChI=1S/C49H50P2/c1-31-17-32(2)22-43(21-31)50(44-23-33(3)18-34(4)24-44)41-11-9-39-13-15-49(47(39)29-41)16-14-40-10-12-42(30-48(40)49)51(45-25-35(5)19-36(6)26-45)46-27-37(7)20-38(8)28-46/h9-12,17-30H,13-16H2,1-8H3. The van der Waals surface area contributed by atoms with E-state index in [4.69, 9.17) is 0 Å². The molecule has 0 radical (unpaired) electrons. The van der Waals surface area contributed by atoms with E-state index >= 15 is 0 Å². The number of fused-ring (bicyclic) bond motifs is 4. The molecule has 0 aliphatic heterocycles. The highest BCUT2D eigenvalue weighted by Gasteiger charge is 2.45. The summed E-state index contributed by atoms with van der Waals surface area (Å²) in [4.78, 5) is 0. The molecule has 256 valence electrons. The van der Waals surface area contributed by atoms with Crippen LogP contribution < -0.4 is 31.8 Å². The maximum absolute atomic E-state index is 2.67. The van der Waals surface area contributed by atoms with Crippen molar-refractivity contribution in [2.24, 2.45) is 0 Å². The van der Waals surface area contributed by atoms with E-state index in [1.165, 1.54) is 89.2 Å². The van der Waals surface area contributed by atoms with Gasteiger partial charge < -0.3 is 0 Å². The lowest BCUT2D eigenvalue weighted by Crippen LogP contribution is -2.27. The van der Waals surface area contributed by atoms with Gasteiger partial charge in [0, 0.05) is 5.41 Å². The van der Waals surface area contributed by atoms with Crippen molar-refractivity contribution in [1.29, 1.82) is 0 Å². The zero-order valence-corrected chi connectivity index (χ0v) is 33.4. The van der Waals surface area contributed by atoms with E-state index in [9.17, 15) is 0 Å². The number of rotatable bonds is 6. The molecule has 0 N–H and O–H groups in total. The Kier molecular flexibility index (Phi) is 8.94. The monoisotopic (exact) mass is 700 g/mol. The van der Waals surface area contributed by atoms with Crippen LogP contribution in [0.4, 0.5) is 0 Å². The van der Waals surface area contributed by atoms with Crippen molar-refractivity contribution in [2.45, 2.75) is 86.5 Å². The summed E-state index contributed by atoms with van der Waals surface area (Å²) in [5, 5.41) is 8.80. The first-order chi connectivity index (χ1) is 24.5. The Morgan fingerprint density at radius 1 is 0.333 bits per heavy atom. The van der Waals surface area contributed by atoms with Crippen molar-refractivity contribution in [3.63, 3.8) is 0 Å². The summed E-state index contributed by atoms with van der Waals surface area (Å²) in [6.07, 6.45) is 4.73. The molecule has 2 heteroatoms. The van der Waals surface area contributed by atoms with Gasteiger partial charge in [-0.25, -0.2) is 0 Å². The Morgan fingerprint density at radius 3 is 0.882 bits per heavy atom. The molecule has 6 aromatic rings. The van der Waals surface area contributed by atoms with Gasteiger partial charge in [0.05, 0.1) is 0 Å². The maximum atomic E-state index is 2.67. The number of hydrogen-bond acceptors (Lipinski definition) is 0. The van der Waals surface area contributed by atoms with Gasteiger partial charge in [-0.2, -0.15) is 0 Å². The SMILES string of the molecule is Cc1cc(C)cc(P(c2cc(C)cc(C)c2)c2ccc3c(c2)C2(CC3)CCc3ccc(P(c4cc(C)cc(C)c4)c4cc(C)cc(C)c4)cc32)c1. The van der Waals surface area contributed by atoms with E-state index in [0.29, 0.717) is 0 Å². The van der Waals surface area contributed by atoms with Gasteiger partial charge in [-0.05, 0) is 163 Å². The molecule has 6 aromatic carbocycles. The second-order valence-corrected chi connectivity index (χ2v) is 20.3.